The number of alkyl halides is 3. The van der Waals surface area contributed by atoms with E-state index in [1.54, 1.807) is 7.05 Å². The monoisotopic (exact) mass is 352 g/mol. The Kier molecular flexibility index (Phi) is 7.57. The molecular weight excluding hydrogens is 325 g/mol. The predicted octanol–water partition coefficient (Wildman–Crippen LogP) is 0.984. The molecule has 2 heterocycles. The Balaban J connectivity index is 1.57. The van der Waals surface area contributed by atoms with Crippen LogP contribution in [0.3, 0.4) is 0 Å². The molecule has 24 heavy (non-hydrogen) atoms. The molecule has 6 nitrogen and oxygen atoms in total. The van der Waals surface area contributed by atoms with Crippen LogP contribution >= 0.6 is 0 Å². The maximum Gasteiger partial charge on any atom is 0.401 e. The number of likely N-dealkylation sites (tertiary alicyclic amines) is 1. The van der Waals surface area contributed by atoms with Gasteiger partial charge < -0.3 is 20.1 Å². The van der Waals surface area contributed by atoms with Crippen molar-refractivity contribution in [2.45, 2.75) is 37.6 Å². The molecule has 2 saturated heterocycles. The van der Waals surface area contributed by atoms with Gasteiger partial charge in [0.2, 0.25) is 0 Å². The fraction of sp³-hybridized carbons (Fsp3) is 0.933. The van der Waals surface area contributed by atoms with E-state index in [2.05, 4.69) is 15.6 Å². The molecule has 0 aromatic heterocycles. The summed E-state index contributed by atoms with van der Waals surface area (Å²) in [6.45, 7) is 2.78. The molecule has 0 aliphatic carbocycles. The van der Waals surface area contributed by atoms with Crippen molar-refractivity contribution in [3.8, 4) is 0 Å². The molecule has 0 radical (unpaired) electrons. The zero-order valence-electron chi connectivity index (χ0n) is 14.1. The van der Waals surface area contributed by atoms with E-state index in [4.69, 9.17) is 9.47 Å². The minimum atomic E-state index is -4.14. The SMILES string of the molecule is CN=C(NCCCOC1CCOC1)NC1CCN(CC(F)(F)F)C1. The van der Waals surface area contributed by atoms with Gasteiger partial charge in [-0.3, -0.25) is 9.89 Å². The summed E-state index contributed by atoms with van der Waals surface area (Å²) in [5.74, 6) is 0.623. The summed E-state index contributed by atoms with van der Waals surface area (Å²) >= 11 is 0. The number of aliphatic imine (C=N–C) groups is 1. The van der Waals surface area contributed by atoms with E-state index in [0.29, 0.717) is 45.2 Å². The Bertz CT molecular complexity index is 401. The van der Waals surface area contributed by atoms with Gasteiger partial charge in [0.1, 0.15) is 0 Å². The maximum atomic E-state index is 12.4. The third kappa shape index (κ3) is 7.23. The minimum Gasteiger partial charge on any atom is -0.379 e. The number of guanidine groups is 1. The summed E-state index contributed by atoms with van der Waals surface area (Å²) in [5, 5.41) is 6.35. The van der Waals surface area contributed by atoms with Crippen LogP contribution in [-0.4, -0.2) is 82.2 Å². The molecule has 2 aliphatic rings. The Morgan fingerprint density at radius 3 is 2.88 bits per heavy atom. The van der Waals surface area contributed by atoms with Crippen molar-refractivity contribution in [1.82, 2.24) is 15.5 Å². The lowest BCUT2D eigenvalue weighted by molar-refractivity contribution is -0.143. The second kappa shape index (κ2) is 9.43. The summed E-state index contributed by atoms with van der Waals surface area (Å²) in [7, 11) is 1.66. The van der Waals surface area contributed by atoms with Gasteiger partial charge in [-0.05, 0) is 19.3 Å². The van der Waals surface area contributed by atoms with Crippen molar-refractivity contribution in [3.63, 3.8) is 0 Å². The van der Waals surface area contributed by atoms with Gasteiger partial charge in [0, 0.05) is 45.9 Å². The lowest BCUT2D eigenvalue weighted by Crippen LogP contribution is -2.45. The van der Waals surface area contributed by atoms with Gasteiger partial charge in [0.05, 0.1) is 19.3 Å². The van der Waals surface area contributed by atoms with Crippen LogP contribution in [0, 0.1) is 0 Å². The smallest absolute Gasteiger partial charge is 0.379 e. The van der Waals surface area contributed by atoms with Gasteiger partial charge >= 0.3 is 6.18 Å². The highest BCUT2D eigenvalue weighted by atomic mass is 19.4. The zero-order chi connectivity index (χ0) is 17.4. The van der Waals surface area contributed by atoms with Crippen molar-refractivity contribution in [2.24, 2.45) is 4.99 Å². The zero-order valence-corrected chi connectivity index (χ0v) is 14.1. The Morgan fingerprint density at radius 2 is 2.21 bits per heavy atom. The van der Waals surface area contributed by atoms with Crippen LogP contribution in [0.2, 0.25) is 0 Å². The van der Waals surface area contributed by atoms with Gasteiger partial charge in [0.25, 0.3) is 0 Å². The number of ether oxygens (including phenoxy) is 2. The number of nitrogens with zero attached hydrogens (tertiary/aromatic N) is 2. The largest absolute Gasteiger partial charge is 0.401 e. The molecule has 2 atom stereocenters. The van der Waals surface area contributed by atoms with Crippen LogP contribution in [0.15, 0.2) is 4.99 Å². The molecule has 0 amide bonds. The molecule has 0 saturated carbocycles. The summed E-state index contributed by atoms with van der Waals surface area (Å²) in [6.07, 6.45) is -1.46. The Morgan fingerprint density at radius 1 is 1.38 bits per heavy atom. The third-order valence-corrected chi connectivity index (χ3v) is 4.09. The number of halogens is 3. The minimum absolute atomic E-state index is 0.00885. The average Bonchev–Trinajstić information content (AvgIpc) is 3.16. The van der Waals surface area contributed by atoms with E-state index < -0.39 is 12.7 Å². The van der Waals surface area contributed by atoms with Crippen LogP contribution in [0.25, 0.3) is 0 Å². The molecule has 9 heteroatoms. The number of hydrogen-bond acceptors (Lipinski definition) is 4. The molecule has 2 aliphatic heterocycles. The third-order valence-electron chi connectivity index (χ3n) is 4.09. The molecule has 2 rings (SSSR count). The molecule has 2 N–H and O–H groups in total. The van der Waals surface area contributed by atoms with Crippen molar-refractivity contribution in [1.29, 1.82) is 0 Å². The number of rotatable bonds is 7. The van der Waals surface area contributed by atoms with E-state index >= 15 is 0 Å². The van der Waals surface area contributed by atoms with E-state index in [0.717, 1.165) is 19.4 Å². The van der Waals surface area contributed by atoms with Crippen molar-refractivity contribution < 1.29 is 22.6 Å². The molecule has 0 aromatic rings. The first-order valence-corrected chi connectivity index (χ1v) is 8.42. The molecular formula is C15H27F3N4O2. The molecule has 0 spiro atoms. The van der Waals surface area contributed by atoms with E-state index in [1.807, 2.05) is 0 Å². The first-order chi connectivity index (χ1) is 11.5. The second-order valence-electron chi connectivity index (χ2n) is 6.19. The summed E-state index contributed by atoms with van der Waals surface area (Å²) in [5.41, 5.74) is 0. The molecule has 140 valence electrons. The fourth-order valence-electron chi connectivity index (χ4n) is 2.91. The molecule has 0 bridgehead atoms. The van der Waals surface area contributed by atoms with Crippen LogP contribution in [0.1, 0.15) is 19.3 Å². The van der Waals surface area contributed by atoms with Crippen LogP contribution in [-0.2, 0) is 9.47 Å². The van der Waals surface area contributed by atoms with Crippen LogP contribution in [0.5, 0.6) is 0 Å². The number of nitrogens with one attached hydrogen (secondary N) is 2. The summed E-state index contributed by atoms with van der Waals surface area (Å²) < 4.78 is 48.1. The van der Waals surface area contributed by atoms with Crippen LogP contribution in [0.4, 0.5) is 13.2 Å². The van der Waals surface area contributed by atoms with E-state index in [9.17, 15) is 13.2 Å². The highest BCUT2D eigenvalue weighted by Gasteiger charge is 2.34. The van der Waals surface area contributed by atoms with Gasteiger partial charge in [-0.1, -0.05) is 0 Å². The van der Waals surface area contributed by atoms with Gasteiger partial charge in [-0.2, -0.15) is 13.2 Å². The van der Waals surface area contributed by atoms with Crippen molar-refractivity contribution >= 4 is 5.96 Å². The van der Waals surface area contributed by atoms with E-state index in [1.165, 1.54) is 4.90 Å². The van der Waals surface area contributed by atoms with Crippen molar-refractivity contribution in [3.05, 3.63) is 0 Å². The highest BCUT2D eigenvalue weighted by molar-refractivity contribution is 5.79. The number of hydrogen-bond donors (Lipinski definition) is 2. The van der Waals surface area contributed by atoms with E-state index in [-0.39, 0.29) is 12.1 Å². The maximum absolute atomic E-state index is 12.4. The quantitative estimate of drug-likeness (QED) is 0.406. The summed E-state index contributed by atoms with van der Waals surface area (Å²) in [6, 6.07) is -0.00885. The topological polar surface area (TPSA) is 58.1 Å². The summed E-state index contributed by atoms with van der Waals surface area (Å²) in [4.78, 5) is 5.54. The normalized spacial score (nSPS) is 26.1. The standard InChI is InChI=1S/C15H27F3N4O2/c1-19-14(20-5-2-7-24-13-4-8-23-10-13)21-12-3-6-22(9-12)11-15(16,17)18/h12-13H,2-11H2,1H3,(H2,19,20,21). The molecule has 2 unspecified atom stereocenters. The highest BCUT2D eigenvalue weighted by Crippen LogP contribution is 2.19. The lowest BCUT2D eigenvalue weighted by Gasteiger charge is -2.20. The second-order valence-corrected chi connectivity index (χ2v) is 6.19. The Hall–Kier alpha value is -1.06. The van der Waals surface area contributed by atoms with Gasteiger partial charge in [-0.15, -0.1) is 0 Å². The Labute approximate surface area is 140 Å². The lowest BCUT2D eigenvalue weighted by atomic mass is 10.3. The average molecular weight is 352 g/mol. The van der Waals surface area contributed by atoms with Gasteiger partial charge in [-0.25, -0.2) is 0 Å². The predicted molar refractivity (Wildman–Crippen MR) is 85.2 cm³/mol. The first kappa shape index (κ1) is 19.3. The van der Waals surface area contributed by atoms with Crippen LogP contribution < -0.4 is 10.6 Å². The molecule has 0 aromatic carbocycles. The van der Waals surface area contributed by atoms with Crippen molar-refractivity contribution in [2.75, 3.05) is 53.0 Å². The molecule has 2 fully saturated rings. The fourth-order valence-corrected chi connectivity index (χ4v) is 2.91. The first-order valence-electron chi connectivity index (χ1n) is 8.42. The van der Waals surface area contributed by atoms with Gasteiger partial charge in [0.15, 0.2) is 5.96 Å².